The number of carbonyl (C=O) groups is 1. The number of halogens is 5. The molecule has 0 aliphatic carbocycles. The van der Waals surface area contributed by atoms with Crippen LogP contribution in [0.3, 0.4) is 0 Å². The van der Waals surface area contributed by atoms with Crippen LogP contribution in [0.5, 0.6) is 5.75 Å². The van der Waals surface area contributed by atoms with Gasteiger partial charge in [-0.25, -0.2) is 18.6 Å². The first-order valence-electron chi connectivity index (χ1n) is 5.64. The summed E-state index contributed by atoms with van der Waals surface area (Å²) in [7, 11) is 0. The Kier molecular flexibility index (Phi) is 5.41. The van der Waals surface area contributed by atoms with Gasteiger partial charge >= 0.3 is 12.3 Å². The zero-order chi connectivity index (χ0) is 16.2. The predicted molar refractivity (Wildman–Crippen MR) is 59.7 cm³/mol. The topological polar surface area (TPSA) is 74.4 Å². The van der Waals surface area contributed by atoms with E-state index in [4.69, 9.17) is 5.73 Å². The van der Waals surface area contributed by atoms with E-state index in [1.54, 1.807) is 0 Å². The molecule has 1 aromatic rings. The maximum absolute atomic E-state index is 12.7. The molecule has 0 saturated carbocycles. The summed E-state index contributed by atoms with van der Waals surface area (Å²) in [5.41, 5.74) is 2.86. The van der Waals surface area contributed by atoms with Gasteiger partial charge in [-0.1, -0.05) is 0 Å². The van der Waals surface area contributed by atoms with Crippen molar-refractivity contribution in [1.82, 2.24) is 4.98 Å². The van der Waals surface area contributed by atoms with Crippen molar-refractivity contribution in [3.05, 3.63) is 23.0 Å². The molecule has 0 saturated heterocycles. The molecule has 1 rings (SSSR count). The van der Waals surface area contributed by atoms with Crippen LogP contribution in [0, 0.1) is 0 Å². The number of esters is 1. The van der Waals surface area contributed by atoms with Crippen molar-refractivity contribution in [2.45, 2.75) is 26.3 Å². The molecule has 0 bridgehead atoms. The highest BCUT2D eigenvalue weighted by Gasteiger charge is 2.35. The molecule has 5 nitrogen and oxygen atoms in total. The molecule has 0 atom stereocenters. The van der Waals surface area contributed by atoms with Crippen LogP contribution < -0.4 is 10.5 Å². The van der Waals surface area contributed by atoms with Gasteiger partial charge in [0, 0.05) is 6.54 Å². The molecule has 118 valence electrons. The monoisotopic (exact) mass is 314 g/mol. The molecule has 2 N–H and O–H groups in total. The van der Waals surface area contributed by atoms with E-state index < -0.39 is 48.0 Å². The molecular weight excluding hydrogens is 303 g/mol. The van der Waals surface area contributed by atoms with Gasteiger partial charge in [0.05, 0.1) is 12.3 Å². The smallest absolute Gasteiger partial charge is 0.462 e. The van der Waals surface area contributed by atoms with Crippen LogP contribution in [0.1, 0.15) is 35.1 Å². The van der Waals surface area contributed by atoms with Crippen LogP contribution in [0.4, 0.5) is 22.0 Å². The molecular formula is C11H11F5N2O3. The zero-order valence-corrected chi connectivity index (χ0v) is 10.7. The first-order valence-corrected chi connectivity index (χ1v) is 5.64. The van der Waals surface area contributed by atoms with E-state index in [1.165, 1.54) is 6.92 Å². The van der Waals surface area contributed by atoms with Crippen molar-refractivity contribution in [1.29, 1.82) is 0 Å². The number of alkyl halides is 5. The van der Waals surface area contributed by atoms with Crippen molar-refractivity contribution < 1.29 is 36.2 Å². The Bertz CT molecular complexity index is 519. The lowest BCUT2D eigenvalue weighted by Crippen LogP contribution is -2.22. The fourth-order valence-corrected chi connectivity index (χ4v) is 1.45. The Morgan fingerprint density at radius 2 is 2.05 bits per heavy atom. The van der Waals surface area contributed by atoms with Gasteiger partial charge in [0.15, 0.2) is 5.75 Å². The van der Waals surface area contributed by atoms with Crippen molar-refractivity contribution in [3.63, 3.8) is 0 Å². The Morgan fingerprint density at radius 3 is 2.48 bits per heavy atom. The molecule has 0 unspecified atom stereocenters. The second-order valence-electron chi connectivity index (χ2n) is 3.64. The van der Waals surface area contributed by atoms with E-state index in [1.807, 2.05) is 0 Å². The molecule has 0 aliphatic heterocycles. The minimum Gasteiger partial charge on any atom is -0.462 e. The maximum Gasteiger partial charge on any atom is 0.573 e. The number of carbonyl (C=O) groups excluding carboxylic acids is 1. The van der Waals surface area contributed by atoms with Crippen molar-refractivity contribution in [3.8, 4) is 5.75 Å². The normalized spacial score (nSPS) is 11.6. The van der Waals surface area contributed by atoms with Crippen LogP contribution in [-0.4, -0.2) is 23.9 Å². The van der Waals surface area contributed by atoms with Gasteiger partial charge < -0.3 is 15.2 Å². The first kappa shape index (κ1) is 17.1. The van der Waals surface area contributed by atoms with E-state index in [2.05, 4.69) is 14.5 Å². The molecule has 0 radical (unpaired) electrons. The third-order valence-corrected chi connectivity index (χ3v) is 2.19. The fourth-order valence-electron chi connectivity index (χ4n) is 1.45. The van der Waals surface area contributed by atoms with E-state index in [9.17, 15) is 26.7 Å². The van der Waals surface area contributed by atoms with Crippen LogP contribution in [0.25, 0.3) is 0 Å². The second-order valence-corrected chi connectivity index (χ2v) is 3.64. The van der Waals surface area contributed by atoms with Crippen LogP contribution in [0.15, 0.2) is 6.07 Å². The van der Waals surface area contributed by atoms with Crippen LogP contribution >= 0.6 is 0 Å². The standard InChI is InChI=1S/C11H11F5N2O3/c1-2-20-10(19)5-3-6(9(12)13)18-7(4-17)8(5)21-11(14,15)16/h3,9H,2,4,17H2,1H3. The number of nitrogens with two attached hydrogens (primary N) is 1. The lowest BCUT2D eigenvalue weighted by atomic mass is 10.1. The van der Waals surface area contributed by atoms with Gasteiger partial charge in [-0.15, -0.1) is 13.2 Å². The largest absolute Gasteiger partial charge is 0.573 e. The number of aromatic nitrogens is 1. The Labute approximate surface area is 115 Å². The summed E-state index contributed by atoms with van der Waals surface area (Å²) in [6, 6.07) is 0.489. The van der Waals surface area contributed by atoms with E-state index in [-0.39, 0.29) is 6.61 Å². The molecule has 0 spiro atoms. The van der Waals surface area contributed by atoms with E-state index in [0.717, 1.165) is 0 Å². The van der Waals surface area contributed by atoms with Crippen LogP contribution in [0.2, 0.25) is 0 Å². The van der Waals surface area contributed by atoms with Gasteiger partial charge in [0.2, 0.25) is 0 Å². The highest BCUT2D eigenvalue weighted by atomic mass is 19.4. The second kappa shape index (κ2) is 6.66. The minimum atomic E-state index is -5.14. The summed E-state index contributed by atoms with van der Waals surface area (Å²) < 4.78 is 70.6. The first-order chi connectivity index (χ1) is 9.69. The average molecular weight is 314 g/mol. The zero-order valence-electron chi connectivity index (χ0n) is 10.7. The summed E-state index contributed by atoms with van der Waals surface area (Å²) in [5.74, 6) is -2.27. The van der Waals surface area contributed by atoms with Crippen molar-refractivity contribution in [2.24, 2.45) is 5.73 Å². The molecule has 1 heterocycles. The SMILES string of the molecule is CCOC(=O)c1cc(C(F)F)nc(CN)c1OC(F)(F)F. The van der Waals surface area contributed by atoms with Gasteiger partial charge in [0.25, 0.3) is 6.43 Å². The van der Waals surface area contributed by atoms with Gasteiger partial charge in [-0.3, -0.25) is 0 Å². The Balaban J connectivity index is 3.45. The highest BCUT2D eigenvalue weighted by molar-refractivity contribution is 5.93. The number of nitrogens with zero attached hydrogens (tertiary/aromatic N) is 1. The molecule has 21 heavy (non-hydrogen) atoms. The average Bonchev–Trinajstić information content (AvgIpc) is 2.36. The number of ether oxygens (including phenoxy) is 2. The lowest BCUT2D eigenvalue weighted by Gasteiger charge is -2.16. The summed E-state index contributed by atoms with van der Waals surface area (Å²) in [5, 5.41) is 0. The predicted octanol–water partition coefficient (Wildman–Crippen LogP) is 2.55. The third-order valence-electron chi connectivity index (χ3n) is 2.19. The summed E-state index contributed by atoms with van der Waals surface area (Å²) >= 11 is 0. The Morgan fingerprint density at radius 1 is 1.43 bits per heavy atom. The molecule has 0 aliphatic rings. The Hall–Kier alpha value is -1.97. The highest BCUT2D eigenvalue weighted by Crippen LogP contribution is 2.32. The van der Waals surface area contributed by atoms with Gasteiger partial charge in [-0.05, 0) is 13.0 Å². The molecule has 0 aromatic carbocycles. The number of pyridine rings is 1. The number of hydrogen-bond donors (Lipinski definition) is 1. The van der Waals surface area contributed by atoms with Gasteiger partial charge in [0.1, 0.15) is 11.3 Å². The fraction of sp³-hybridized carbons (Fsp3) is 0.455. The molecule has 0 fully saturated rings. The third kappa shape index (κ3) is 4.52. The van der Waals surface area contributed by atoms with E-state index in [0.29, 0.717) is 6.07 Å². The number of hydrogen-bond acceptors (Lipinski definition) is 5. The molecule has 1 aromatic heterocycles. The quantitative estimate of drug-likeness (QED) is 0.668. The van der Waals surface area contributed by atoms with Crippen molar-refractivity contribution >= 4 is 5.97 Å². The number of rotatable bonds is 5. The molecule has 0 amide bonds. The summed E-state index contributed by atoms with van der Waals surface area (Å²) in [6.45, 7) is 0.619. The molecule has 10 heteroatoms. The summed E-state index contributed by atoms with van der Waals surface area (Å²) in [4.78, 5) is 14.9. The lowest BCUT2D eigenvalue weighted by molar-refractivity contribution is -0.275. The van der Waals surface area contributed by atoms with Crippen LogP contribution in [-0.2, 0) is 11.3 Å². The van der Waals surface area contributed by atoms with E-state index >= 15 is 0 Å². The van der Waals surface area contributed by atoms with Crippen molar-refractivity contribution in [2.75, 3.05) is 6.61 Å². The minimum absolute atomic E-state index is 0.158. The van der Waals surface area contributed by atoms with Gasteiger partial charge in [-0.2, -0.15) is 0 Å². The maximum atomic E-state index is 12.7. The summed E-state index contributed by atoms with van der Waals surface area (Å²) in [6.07, 6.45) is -8.23.